The van der Waals surface area contributed by atoms with Crippen LogP contribution in [0.3, 0.4) is 0 Å². The lowest BCUT2D eigenvalue weighted by Crippen LogP contribution is -2.20. The van der Waals surface area contributed by atoms with Gasteiger partial charge in [0.25, 0.3) is 0 Å². The molecular weight excluding hydrogens is 184 g/mol. The number of aromatic nitrogens is 1. The monoisotopic (exact) mass is 206 g/mol. The van der Waals surface area contributed by atoms with Crippen molar-refractivity contribution in [2.45, 2.75) is 39.2 Å². The Labute approximate surface area is 93.1 Å². The summed E-state index contributed by atoms with van der Waals surface area (Å²) < 4.78 is 0. The molecule has 0 spiro atoms. The highest BCUT2D eigenvalue weighted by Gasteiger charge is 2.14. The van der Waals surface area contributed by atoms with Crippen LogP contribution in [0.25, 0.3) is 0 Å². The van der Waals surface area contributed by atoms with Crippen molar-refractivity contribution < 1.29 is 0 Å². The van der Waals surface area contributed by atoms with Crippen LogP contribution >= 0.6 is 0 Å². The van der Waals surface area contributed by atoms with Crippen LogP contribution in [-0.2, 0) is 0 Å². The third-order valence-electron chi connectivity index (χ3n) is 3.12. The van der Waals surface area contributed by atoms with E-state index in [2.05, 4.69) is 36.3 Å². The Morgan fingerprint density at radius 2 is 2.00 bits per heavy atom. The first-order valence-electron chi connectivity index (χ1n) is 5.90. The summed E-state index contributed by atoms with van der Waals surface area (Å²) in [5, 5.41) is 3.35. The van der Waals surface area contributed by atoms with E-state index in [-0.39, 0.29) is 0 Å². The molecule has 0 radical (unpaired) electrons. The molecule has 0 fully saturated rings. The average Bonchev–Trinajstić information content (AvgIpc) is 2.32. The van der Waals surface area contributed by atoms with E-state index in [1.54, 1.807) is 0 Å². The number of nitrogens with one attached hydrogen (secondary N) is 1. The highest BCUT2D eigenvalue weighted by Crippen LogP contribution is 2.23. The molecule has 0 aromatic carbocycles. The SMILES string of the molecule is CCC(CC)CC(NC)c1ccccn1. The molecule has 1 rings (SSSR count). The Kier molecular flexibility index (Phi) is 5.33. The molecule has 0 bridgehead atoms. The summed E-state index contributed by atoms with van der Waals surface area (Å²) in [7, 11) is 2.02. The summed E-state index contributed by atoms with van der Waals surface area (Å²) in [4.78, 5) is 4.41. The highest BCUT2D eigenvalue weighted by atomic mass is 14.9. The van der Waals surface area contributed by atoms with Crippen LogP contribution in [0, 0.1) is 5.92 Å². The number of hydrogen-bond acceptors (Lipinski definition) is 2. The molecule has 0 aliphatic heterocycles. The van der Waals surface area contributed by atoms with Crippen LogP contribution in [0.1, 0.15) is 44.8 Å². The van der Waals surface area contributed by atoms with Crippen LogP contribution in [0.4, 0.5) is 0 Å². The first-order valence-corrected chi connectivity index (χ1v) is 5.90. The molecule has 1 atom stereocenters. The van der Waals surface area contributed by atoms with Crippen molar-refractivity contribution in [2.24, 2.45) is 5.92 Å². The Hall–Kier alpha value is -0.890. The second kappa shape index (κ2) is 6.57. The largest absolute Gasteiger partial charge is 0.312 e. The van der Waals surface area contributed by atoms with Gasteiger partial charge in [0.2, 0.25) is 0 Å². The van der Waals surface area contributed by atoms with E-state index in [1.807, 2.05) is 19.3 Å². The molecule has 1 unspecified atom stereocenters. The molecule has 0 amide bonds. The average molecular weight is 206 g/mol. The first kappa shape index (κ1) is 12.2. The van der Waals surface area contributed by atoms with Crippen LogP contribution in [0.15, 0.2) is 24.4 Å². The lowest BCUT2D eigenvalue weighted by molar-refractivity contribution is 0.381. The van der Waals surface area contributed by atoms with Gasteiger partial charge in [-0.3, -0.25) is 4.98 Å². The molecule has 0 aliphatic rings. The summed E-state index contributed by atoms with van der Waals surface area (Å²) in [6, 6.07) is 6.52. The third-order valence-corrected chi connectivity index (χ3v) is 3.12. The van der Waals surface area contributed by atoms with Gasteiger partial charge in [0.1, 0.15) is 0 Å². The van der Waals surface area contributed by atoms with Gasteiger partial charge in [-0.05, 0) is 31.5 Å². The van der Waals surface area contributed by atoms with Gasteiger partial charge in [0.05, 0.1) is 5.69 Å². The molecule has 0 aliphatic carbocycles. The summed E-state index contributed by atoms with van der Waals surface area (Å²) in [6.07, 6.45) is 5.55. The van der Waals surface area contributed by atoms with Gasteiger partial charge < -0.3 is 5.32 Å². The Morgan fingerprint density at radius 3 is 2.47 bits per heavy atom. The van der Waals surface area contributed by atoms with Crippen molar-refractivity contribution in [3.8, 4) is 0 Å². The second-order valence-electron chi connectivity index (χ2n) is 4.01. The van der Waals surface area contributed by atoms with Crippen molar-refractivity contribution in [3.05, 3.63) is 30.1 Å². The van der Waals surface area contributed by atoms with Gasteiger partial charge in [-0.25, -0.2) is 0 Å². The minimum absolute atomic E-state index is 0.399. The highest BCUT2D eigenvalue weighted by molar-refractivity contribution is 5.08. The summed E-state index contributed by atoms with van der Waals surface area (Å²) in [5.41, 5.74) is 1.16. The minimum Gasteiger partial charge on any atom is -0.312 e. The number of nitrogens with zero attached hydrogens (tertiary/aromatic N) is 1. The maximum atomic E-state index is 4.41. The maximum Gasteiger partial charge on any atom is 0.0573 e. The van der Waals surface area contributed by atoms with E-state index >= 15 is 0 Å². The van der Waals surface area contributed by atoms with Gasteiger partial charge in [-0.2, -0.15) is 0 Å². The predicted molar refractivity (Wildman–Crippen MR) is 64.7 cm³/mol. The first-order chi connectivity index (χ1) is 7.31. The van der Waals surface area contributed by atoms with Gasteiger partial charge in [0.15, 0.2) is 0 Å². The fourth-order valence-corrected chi connectivity index (χ4v) is 1.92. The molecular formula is C13H22N2. The zero-order chi connectivity index (χ0) is 11.1. The van der Waals surface area contributed by atoms with Crippen LogP contribution in [-0.4, -0.2) is 12.0 Å². The Bertz CT molecular complexity index is 254. The predicted octanol–water partition coefficient (Wildman–Crippen LogP) is 3.17. The van der Waals surface area contributed by atoms with Crippen molar-refractivity contribution in [1.82, 2.24) is 10.3 Å². The summed E-state index contributed by atoms with van der Waals surface area (Å²) in [6.45, 7) is 4.53. The normalized spacial score (nSPS) is 13.1. The van der Waals surface area contributed by atoms with Crippen molar-refractivity contribution in [2.75, 3.05) is 7.05 Å². The quantitative estimate of drug-likeness (QED) is 0.773. The molecule has 1 heterocycles. The van der Waals surface area contributed by atoms with Crippen LogP contribution in [0.2, 0.25) is 0 Å². The third kappa shape index (κ3) is 3.63. The number of pyridine rings is 1. The van der Waals surface area contributed by atoms with E-state index in [1.165, 1.54) is 19.3 Å². The van der Waals surface area contributed by atoms with E-state index in [9.17, 15) is 0 Å². The topological polar surface area (TPSA) is 24.9 Å². The second-order valence-corrected chi connectivity index (χ2v) is 4.01. The molecule has 0 saturated carbocycles. The molecule has 0 saturated heterocycles. The van der Waals surface area contributed by atoms with Crippen LogP contribution in [0.5, 0.6) is 0 Å². The number of hydrogen-bond donors (Lipinski definition) is 1. The molecule has 1 N–H and O–H groups in total. The van der Waals surface area contributed by atoms with E-state index in [0.717, 1.165) is 11.6 Å². The molecule has 84 valence electrons. The summed E-state index contributed by atoms with van der Waals surface area (Å²) in [5.74, 6) is 0.796. The fourth-order valence-electron chi connectivity index (χ4n) is 1.92. The lowest BCUT2D eigenvalue weighted by Gasteiger charge is -2.20. The fraction of sp³-hybridized carbons (Fsp3) is 0.615. The molecule has 2 nitrogen and oxygen atoms in total. The molecule has 15 heavy (non-hydrogen) atoms. The maximum absolute atomic E-state index is 4.41. The smallest absolute Gasteiger partial charge is 0.0573 e. The Balaban J connectivity index is 2.64. The van der Waals surface area contributed by atoms with E-state index < -0.39 is 0 Å². The van der Waals surface area contributed by atoms with E-state index in [0.29, 0.717) is 6.04 Å². The van der Waals surface area contributed by atoms with Gasteiger partial charge in [-0.1, -0.05) is 32.8 Å². The van der Waals surface area contributed by atoms with Gasteiger partial charge in [0, 0.05) is 12.2 Å². The molecule has 1 aromatic rings. The Morgan fingerprint density at radius 1 is 1.27 bits per heavy atom. The van der Waals surface area contributed by atoms with Crippen molar-refractivity contribution in [1.29, 1.82) is 0 Å². The summed E-state index contributed by atoms with van der Waals surface area (Å²) >= 11 is 0. The zero-order valence-corrected chi connectivity index (χ0v) is 10.0. The van der Waals surface area contributed by atoms with Crippen molar-refractivity contribution >= 4 is 0 Å². The standard InChI is InChI=1S/C13H22N2/c1-4-11(5-2)10-13(14-3)12-8-6-7-9-15-12/h6-9,11,13-14H,4-5,10H2,1-3H3. The lowest BCUT2D eigenvalue weighted by atomic mass is 9.93. The van der Waals surface area contributed by atoms with Crippen LogP contribution < -0.4 is 5.32 Å². The van der Waals surface area contributed by atoms with Gasteiger partial charge >= 0.3 is 0 Å². The zero-order valence-electron chi connectivity index (χ0n) is 10.0. The van der Waals surface area contributed by atoms with Gasteiger partial charge in [-0.15, -0.1) is 0 Å². The van der Waals surface area contributed by atoms with E-state index in [4.69, 9.17) is 0 Å². The number of rotatable bonds is 6. The van der Waals surface area contributed by atoms with Crippen molar-refractivity contribution in [3.63, 3.8) is 0 Å². The minimum atomic E-state index is 0.399. The molecule has 2 heteroatoms. The molecule has 1 aromatic heterocycles.